The second-order valence-corrected chi connectivity index (χ2v) is 4.82. The number of aromatic amines is 1. The number of nitrogens with zero attached hydrogens (tertiary/aromatic N) is 1. The zero-order valence-corrected chi connectivity index (χ0v) is 10.4. The lowest BCUT2D eigenvalue weighted by molar-refractivity contribution is 0.0374. The Balaban J connectivity index is 1.65. The maximum atomic E-state index is 5.31. The molecule has 4 heteroatoms. The van der Waals surface area contributed by atoms with E-state index in [-0.39, 0.29) is 0 Å². The molecule has 1 fully saturated rings. The monoisotopic (exact) mass is 272 g/mol. The number of hydrogen-bond acceptors (Lipinski definition) is 2. The summed E-state index contributed by atoms with van der Waals surface area (Å²) < 4.78 is 6.46. The van der Waals surface area contributed by atoms with Crippen molar-refractivity contribution in [1.82, 2.24) is 9.88 Å². The minimum Gasteiger partial charge on any atom is -0.379 e. The van der Waals surface area contributed by atoms with Gasteiger partial charge in [0.2, 0.25) is 0 Å². The second kappa shape index (κ2) is 5.68. The van der Waals surface area contributed by atoms with Gasteiger partial charge in [-0.25, -0.2) is 0 Å². The quantitative estimate of drug-likeness (QED) is 0.909. The molecule has 1 saturated heterocycles. The van der Waals surface area contributed by atoms with Crippen molar-refractivity contribution in [2.24, 2.45) is 0 Å². The number of H-pyrrole nitrogens is 1. The van der Waals surface area contributed by atoms with Gasteiger partial charge in [-0.15, -0.1) is 0 Å². The maximum Gasteiger partial charge on any atom is 0.0594 e. The summed E-state index contributed by atoms with van der Waals surface area (Å²) in [5.74, 6) is 0. The first-order chi connectivity index (χ1) is 7.34. The first-order valence-corrected chi connectivity index (χ1v) is 6.27. The molecule has 0 saturated carbocycles. The standard InChI is InChI=1S/C11H17BrN2O/c12-10-8-11(13-9-10)2-1-3-14-4-6-15-7-5-14/h8-9,13H,1-7H2. The molecule has 1 aromatic rings. The molecule has 2 heterocycles. The largest absolute Gasteiger partial charge is 0.379 e. The van der Waals surface area contributed by atoms with Gasteiger partial charge in [-0.1, -0.05) is 0 Å². The molecule has 84 valence electrons. The Kier molecular flexibility index (Phi) is 4.23. The lowest BCUT2D eigenvalue weighted by Gasteiger charge is -2.26. The molecule has 1 aliphatic rings. The Bertz CT molecular complexity index is 295. The van der Waals surface area contributed by atoms with Gasteiger partial charge in [0.15, 0.2) is 0 Å². The summed E-state index contributed by atoms with van der Waals surface area (Å²) in [5.41, 5.74) is 1.31. The SMILES string of the molecule is Brc1c[nH]c(CCCN2CCOCC2)c1. The van der Waals surface area contributed by atoms with Gasteiger partial charge in [0.1, 0.15) is 0 Å². The molecule has 2 rings (SSSR count). The summed E-state index contributed by atoms with van der Waals surface area (Å²) in [6.07, 6.45) is 4.33. The molecule has 0 atom stereocenters. The second-order valence-electron chi connectivity index (χ2n) is 3.90. The number of hydrogen-bond donors (Lipinski definition) is 1. The third-order valence-corrected chi connectivity index (χ3v) is 3.19. The van der Waals surface area contributed by atoms with Crippen molar-refractivity contribution in [3.8, 4) is 0 Å². The van der Waals surface area contributed by atoms with Gasteiger partial charge in [-0.05, 0) is 41.4 Å². The fraction of sp³-hybridized carbons (Fsp3) is 0.636. The van der Waals surface area contributed by atoms with Crippen LogP contribution in [0.5, 0.6) is 0 Å². The molecule has 0 aliphatic carbocycles. The maximum absolute atomic E-state index is 5.31. The van der Waals surface area contributed by atoms with Crippen LogP contribution in [0.15, 0.2) is 16.7 Å². The Morgan fingerprint density at radius 1 is 1.40 bits per heavy atom. The third-order valence-electron chi connectivity index (χ3n) is 2.73. The highest BCUT2D eigenvalue weighted by molar-refractivity contribution is 9.10. The molecular weight excluding hydrogens is 256 g/mol. The summed E-state index contributed by atoms with van der Waals surface area (Å²) in [6.45, 7) is 5.16. The minimum absolute atomic E-state index is 0.897. The molecule has 0 unspecified atom stereocenters. The van der Waals surface area contributed by atoms with Crippen molar-refractivity contribution in [2.45, 2.75) is 12.8 Å². The van der Waals surface area contributed by atoms with E-state index in [4.69, 9.17) is 4.74 Å². The number of rotatable bonds is 4. The molecule has 0 bridgehead atoms. The molecule has 1 aromatic heterocycles. The summed E-state index contributed by atoms with van der Waals surface area (Å²) >= 11 is 3.44. The van der Waals surface area contributed by atoms with Crippen LogP contribution in [0.2, 0.25) is 0 Å². The topological polar surface area (TPSA) is 28.3 Å². The highest BCUT2D eigenvalue weighted by Gasteiger charge is 2.09. The van der Waals surface area contributed by atoms with Gasteiger partial charge in [-0.3, -0.25) is 4.90 Å². The zero-order chi connectivity index (χ0) is 10.5. The number of halogens is 1. The van der Waals surface area contributed by atoms with E-state index in [1.807, 2.05) is 6.20 Å². The summed E-state index contributed by atoms with van der Waals surface area (Å²) in [7, 11) is 0. The highest BCUT2D eigenvalue weighted by Crippen LogP contribution is 2.12. The van der Waals surface area contributed by atoms with Crippen LogP contribution in [0.25, 0.3) is 0 Å². The van der Waals surface area contributed by atoms with Crippen LogP contribution in [0.3, 0.4) is 0 Å². The average Bonchev–Trinajstić information content (AvgIpc) is 2.66. The van der Waals surface area contributed by atoms with Gasteiger partial charge in [-0.2, -0.15) is 0 Å². The lowest BCUT2D eigenvalue weighted by atomic mass is 10.2. The van der Waals surface area contributed by atoms with E-state index in [9.17, 15) is 0 Å². The van der Waals surface area contributed by atoms with Gasteiger partial charge in [0.05, 0.1) is 13.2 Å². The van der Waals surface area contributed by atoms with Crippen LogP contribution in [-0.4, -0.2) is 42.7 Å². The van der Waals surface area contributed by atoms with E-state index in [2.05, 4.69) is 31.9 Å². The van der Waals surface area contributed by atoms with E-state index in [0.29, 0.717) is 0 Å². The van der Waals surface area contributed by atoms with Crippen molar-refractivity contribution in [3.05, 3.63) is 22.4 Å². The summed E-state index contributed by atoms with van der Waals surface area (Å²) in [6, 6.07) is 2.15. The Hall–Kier alpha value is -0.320. The number of aromatic nitrogens is 1. The van der Waals surface area contributed by atoms with Gasteiger partial charge in [0.25, 0.3) is 0 Å². The van der Waals surface area contributed by atoms with Gasteiger partial charge in [0, 0.05) is 29.5 Å². The smallest absolute Gasteiger partial charge is 0.0594 e. The Labute approximate surface area is 98.9 Å². The van der Waals surface area contributed by atoms with Crippen LogP contribution in [0.4, 0.5) is 0 Å². The van der Waals surface area contributed by atoms with Crippen molar-refractivity contribution in [2.75, 3.05) is 32.8 Å². The van der Waals surface area contributed by atoms with Crippen molar-refractivity contribution in [1.29, 1.82) is 0 Å². The number of morpholine rings is 1. The predicted molar refractivity (Wildman–Crippen MR) is 64.1 cm³/mol. The molecule has 15 heavy (non-hydrogen) atoms. The lowest BCUT2D eigenvalue weighted by Crippen LogP contribution is -2.36. The molecule has 0 aromatic carbocycles. The molecular formula is C11H17BrN2O. The molecule has 0 spiro atoms. The van der Waals surface area contributed by atoms with Gasteiger partial charge < -0.3 is 9.72 Å². The van der Waals surface area contributed by atoms with E-state index >= 15 is 0 Å². The Morgan fingerprint density at radius 3 is 2.87 bits per heavy atom. The van der Waals surface area contributed by atoms with Crippen LogP contribution in [0.1, 0.15) is 12.1 Å². The normalized spacial score (nSPS) is 18.2. The zero-order valence-electron chi connectivity index (χ0n) is 8.84. The molecule has 0 amide bonds. The molecule has 3 nitrogen and oxygen atoms in total. The predicted octanol–water partition coefficient (Wildman–Crippen LogP) is 2.04. The third kappa shape index (κ3) is 3.63. The minimum atomic E-state index is 0.897. The van der Waals surface area contributed by atoms with Crippen molar-refractivity contribution < 1.29 is 4.74 Å². The molecule has 0 radical (unpaired) electrons. The van der Waals surface area contributed by atoms with E-state index in [0.717, 1.165) is 37.2 Å². The summed E-state index contributed by atoms with van der Waals surface area (Å²) in [5, 5.41) is 0. The fourth-order valence-electron chi connectivity index (χ4n) is 1.87. The number of aryl methyl sites for hydroxylation is 1. The summed E-state index contributed by atoms with van der Waals surface area (Å²) in [4.78, 5) is 5.73. The van der Waals surface area contributed by atoms with Crippen LogP contribution in [-0.2, 0) is 11.2 Å². The first-order valence-electron chi connectivity index (χ1n) is 5.47. The highest BCUT2D eigenvalue weighted by atomic mass is 79.9. The first kappa shape index (κ1) is 11.2. The van der Waals surface area contributed by atoms with Crippen LogP contribution in [0, 0.1) is 0 Å². The van der Waals surface area contributed by atoms with Crippen LogP contribution < -0.4 is 0 Å². The van der Waals surface area contributed by atoms with E-state index < -0.39 is 0 Å². The van der Waals surface area contributed by atoms with E-state index in [1.165, 1.54) is 18.7 Å². The Morgan fingerprint density at radius 2 is 2.20 bits per heavy atom. The van der Waals surface area contributed by atoms with Crippen molar-refractivity contribution >= 4 is 15.9 Å². The van der Waals surface area contributed by atoms with E-state index in [1.54, 1.807) is 0 Å². The molecule has 1 N–H and O–H groups in total. The van der Waals surface area contributed by atoms with Gasteiger partial charge >= 0.3 is 0 Å². The van der Waals surface area contributed by atoms with Crippen LogP contribution >= 0.6 is 15.9 Å². The number of nitrogens with one attached hydrogen (secondary N) is 1. The fourth-order valence-corrected chi connectivity index (χ4v) is 2.26. The number of ether oxygens (including phenoxy) is 1. The molecule has 1 aliphatic heterocycles. The average molecular weight is 273 g/mol. The van der Waals surface area contributed by atoms with Crippen molar-refractivity contribution in [3.63, 3.8) is 0 Å².